The minimum atomic E-state index is -0.553. The largest absolute Gasteiger partial charge is 0.0919 e. The van der Waals surface area contributed by atoms with Crippen LogP contribution in [0.25, 0.3) is 0 Å². The van der Waals surface area contributed by atoms with E-state index in [0.717, 1.165) is 12.8 Å². The second-order valence-electron chi connectivity index (χ2n) is 4.72. The molecule has 0 atom stereocenters. The lowest BCUT2D eigenvalue weighted by atomic mass is 9.38. The van der Waals surface area contributed by atoms with Crippen molar-refractivity contribution in [2.24, 2.45) is 11.3 Å². The van der Waals surface area contributed by atoms with Crippen molar-refractivity contribution >= 4 is 15.7 Å². The summed E-state index contributed by atoms with van der Waals surface area (Å²) in [5.41, 5.74) is 0.0237. The Bertz CT molecular complexity index is 137. The Kier molecular flexibility index (Phi) is 3.93. The van der Waals surface area contributed by atoms with Crippen LogP contribution in [0.1, 0.15) is 47.5 Å². The Hall–Kier alpha value is 0.130. The molecule has 12 heavy (non-hydrogen) atoms. The van der Waals surface area contributed by atoms with E-state index >= 15 is 0 Å². The maximum Gasteiger partial charge on any atom is 0.0631 e. The molecule has 0 saturated heterocycles. The molecule has 0 fully saturated rings. The highest BCUT2D eigenvalue weighted by Gasteiger charge is 2.36. The van der Waals surface area contributed by atoms with Crippen molar-refractivity contribution in [3.63, 3.8) is 0 Å². The fourth-order valence-corrected chi connectivity index (χ4v) is 1.62. The van der Waals surface area contributed by atoms with Crippen LogP contribution in [0.2, 0.25) is 5.21 Å². The molecular weight excluding hydrogens is 142 g/mol. The van der Waals surface area contributed by atoms with E-state index in [9.17, 15) is 0 Å². The van der Waals surface area contributed by atoms with Crippen molar-refractivity contribution in [2.75, 3.05) is 0 Å². The monoisotopic (exact) mass is 162 g/mol. The molecule has 0 N–H and O–H groups in total. The first kappa shape index (κ1) is 12.1. The first-order valence-corrected chi connectivity index (χ1v) is 4.83. The van der Waals surface area contributed by atoms with Crippen LogP contribution in [0.5, 0.6) is 0 Å². The highest BCUT2D eigenvalue weighted by atomic mass is 14.3. The van der Waals surface area contributed by atoms with Gasteiger partial charge in [0, 0.05) is 0 Å². The zero-order chi connectivity index (χ0) is 9.99. The second-order valence-corrected chi connectivity index (χ2v) is 4.72. The SMILES string of the molecule is [B]C([B])(C(C)C)C(C)(C)CCC. The van der Waals surface area contributed by atoms with E-state index in [-0.39, 0.29) is 5.41 Å². The summed E-state index contributed by atoms with van der Waals surface area (Å²) >= 11 is 0. The zero-order valence-corrected chi connectivity index (χ0v) is 9.15. The summed E-state index contributed by atoms with van der Waals surface area (Å²) in [4.78, 5) is 0. The molecular formula is C10H20B2. The summed E-state index contributed by atoms with van der Waals surface area (Å²) in [7, 11) is 12.2. The Morgan fingerprint density at radius 1 is 1.17 bits per heavy atom. The third-order valence-electron chi connectivity index (χ3n) is 3.00. The first-order valence-electron chi connectivity index (χ1n) is 4.83. The van der Waals surface area contributed by atoms with Crippen LogP contribution < -0.4 is 0 Å². The van der Waals surface area contributed by atoms with Gasteiger partial charge in [0.25, 0.3) is 0 Å². The molecule has 4 radical (unpaired) electrons. The smallest absolute Gasteiger partial charge is 0.0631 e. The lowest BCUT2D eigenvalue weighted by Gasteiger charge is -2.46. The molecule has 0 nitrogen and oxygen atoms in total. The fraction of sp³-hybridized carbons (Fsp3) is 1.00. The standard InChI is InChI=1S/C10H20B2/c1-6-7-9(4,5)10(11,12)8(2)3/h8H,6-7H2,1-5H3. The Labute approximate surface area is 80.3 Å². The van der Waals surface area contributed by atoms with E-state index in [2.05, 4.69) is 34.6 Å². The van der Waals surface area contributed by atoms with E-state index < -0.39 is 5.21 Å². The average Bonchev–Trinajstić information content (AvgIpc) is 1.86. The second kappa shape index (κ2) is 3.89. The van der Waals surface area contributed by atoms with Crippen LogP contribution in [0.4, 0.5) is 0 Å². The van der Waals surface area contributed by atoms with Crippen molar-refractivity contribution < 1.29 is 0 Å². The lowest BCUT2D eigenvalue weighted by Crippen LogP contribution is -2.36. The maximum atomic E-state index is 6.10. The number of rotatable bonds is 4. The fourth-order valence-electron chi connectivity index (χ4n) is 1.62. The molecule has 0 bridgehead atoms. The van der Waals surface area contributed by atoms with Crippen molar-refractivity contribution in [3.8, 4) is 0 Å². The summed E-state index contributed by atoms with van der Waals surface area (Å²) in [5.74, 6) is 0.319. The van der Waals surface area contributed by atoms with E-state index in [1.165, 1.54) is 0 Å². The van der Waals surface area contributed by atoms with Gasteiger partial charge in [0.2, 0.25) is 0 Å². The van der Waals surface area contributed by atoms with Gasteiger partial charge in [-0.2, -0.15) is 0 Å². The van der Waals surface area contributed by atoms with Gasteiger partial charge in [0.05, 0.1) is 15.7 Å². The van der Waals surface area contributed by atoms with Crippen molar-refractivity contribution in [1.29, 1.82) is 0 Å². The third-order valence-corrected chi connectivity index (χ3v) is 3.00. The van der Waals surface area contributed by atoms with E-state index in [4.69, 9.17) is 15.7 Å². The molecule has 0 spiro atoms. The highest BCUT2D eigenvalue weighted by molar-refractivity contribution is 6.40. The molecule has 2 heteroatoms. The maximum absolute atomic E-state index is 6.10. The van der Waals surface area contributed by atoms with Gasteiger partial charge in [0.1, 0.15) is 0 Å². The highest BCUT2D eigenvalue weighted by Crippen LogP contribution is 2.48. The molecule has 0 aliphatic heterocycles. The third kappa shape index (κ3) is 2.31. The Morgan fingerprint density at radius 2 is 1.58 bits per heavy atom. The van der Waals surface area contributed by atoms with E-state index in [1.54, 1.807) is 0 Å². The van der Waals surface area contributed by atoms with Crippen LogP contribution >= 0.6 is 0 Å². The summed E-state index contributed by atoms with van der Waals surface area (Å²) in [5, 5.41) is -0.553. The van der Waals surface area contributed by atoms with Crippen LogP contribution in [0, 0.1) is 11.3 Å². The Morgan fingerprint density at radius 3 is 1.83 bits per heavy atom. The normalized spacial score (nSPS) is 13.8. The van der Waals surface area contributed by atoms with Crippen LogP contribution in [-0.2, 0) is 0 Å². The summed E-state index contributed by atoms with van der Waals surface area (Å²) in [6, 6.07) is 0. The van der Waals surface area contributed by atoms with Crippen LogP contribution in [0.3, 0.4) is 0 Å². The van der Waals surface area contributed by atoms with Gasteiger partial charge in [-0.25, -0.2) is 0 Å². The molecule has 0 heterocycles. The first-order chi connectivity index (χ1) is 5.25. The van der Waals surface area contributed by atoms with Gasteiger partial charge in [-0.05, 0) is 11.8 Å². The van der Waals surface area contributed by atoms with Crippen molar-refractivity contribution in [1.82, 2.24) is 0 Å². The minimum absolute atomic E-state index is 0.0237. The molecule has 0 aromatic heterocycles. The van der Waals surface area contributed by atoms with Gasteiger partial charge >= 0.3 is 0 Å². The zero-order valence-electron chi connectivity index (χ0n) is 9.15. The molecule has 66 valence electrons. The molecule has 0 amide bonds. The minimum Gasteiger partial charge on any atom is -0.0919 e. The molecule has 0 aromatic carbocycles. The number of hydrogen-bond donors (Lipinski definition) is 0. The van der Waals surface area contributed by atoms with Gasteiger partial charge < -0.3 is 0 Å². The molecule has 0 unspecified atom stereocenters. The Balaban J connectivity index is 4.50. The van der Waals surface area contributed by atoms with Crippen LogP contribution in [0.15, 0.2) is 0 Å². The van der Waals surface area contributed by atoms with Crippen molar-refractivity contribution in [2.45, 2.75) is 52.7 Å². The average molecular weight is 162 g/mol. The molecule has 0 rings (SSSR count). The summed E-state index contributed by atoms with van der Waals surface area (Å²) in [6.07, 6.45) is 2.22. The predicted molar refractivity (Wildman–Crippen MR) is 57.7 cm³/mol. The number of hydrogen-bond acceptors (Lipinski definition) is 0. The van der Waals surface area contributed by atoms with Gasteiger partial charge in [-0.3, -0.25) is 0 Å². The lowest BCUT2D eigenvalue weighted by molar-refractivity contribution is 0.232. The summed E-state index contributed by atoms with van der Waals surface area (Å²) in [6.45, 7) is 10.6. The van der Waals surface area contributed by atoms with Gasteiger partial charge in [-0.1, -0.05) is 52.2 Å². The molecule has 0 aliphatic rings. The van der Waals surface area contributed by atoms with Gasteiger partial charge in [-0.15, -0.1) is 0 Å². The van der Waals surface area contributed by atoms with E-state index in [0.29, 0.717) is 5.92 Å². The van der Waals surface area contributed by atoms with Crippen molar-refractivity contribution in [3.05, 3.63) is 0 Å². The molecule has 0 saturated carbocycles. The van der Waals surface area contributed by atoms with Crippen LogP contribution in [-0.4, -0.2) is 15.7 Å². The van der Waals surface area contributed by atoms with Gasteiger partial charge in [0.15, 0.2) is 0 Å². The quantitative estimate of drug-likeness (QED) is 0.557. The topological polar surface area (TPSA) is 0 Å². The molecule has 0 aromatic rings. The predicted octanol–water partition coefficient (Wildman–Crippen LogP) is 2.92. The van der Waals surface area contributed by atoms with E-state index in [1.807, 2.05) is 0 Å². The molecule has 0 aliphatic carbocycles. The summed E-state index contributed by atoms with van der Waals surface area (Å²) < 4.78 is 0.